The first-order valence-electron chi connectivity index (χ1n) is 5.13. The van der Waals surface area contributed by atoms with Crippen LogP contribution in [0, 0.1) is 0 Å². The molecule has 0 aliphatic carbocycles. The molecule has 1 aromatic rings. The maximum absolute atomic E-state index is 11.4. The average Bonchev–Trinajstić information content (AvgIpc) is 2.54. The summed E-state index contributed by atoms with van der Waals surface area (Å²) in [7, 11) is 0. The third kappa shape index (κ3) is 1.54. The molecule has 1 atom stereocenters. The molecule has 1 N–H and O–H groups in total. The summed E-state index contributed by atoms with van der Waals surface area (Å²) in [6.45, 7) is 4.21. The topological polar surface area (TPSA) is 46.2 Å². The van der Waals surface area contributed by atoms with Crippen molar-refractivity contribution in [2.24, 2.45) is 0 Å². The third-order valence-corrected chi connectivity index (χ3v) is 2.92. The molecule has 1 heterocycles. The van der Waals surface area contributed by atoms with Crippen LogP contribution in [0.1, 0.15) is 42.1 Å². The number of hydrogen-bond acceptors (Lipinski definition) is 2. The monoisotopic (exact) mass is 203 g/mol. The summed E-state index contributed by atoms with van der Waals surface area (Å²) in [5.74, 6) is -0.528. The van der Waals surface area contributed by atoms with Crippen molar-refractivity contribution >= 4 is 17.4 Å². The lowest BCUT2D eigenvalue weighted by molar-refractivity contribution is -0.112. The van der Waals surface area contributed by atoms with Gasteiger partial charge in [-0.2, -0.15) is 0 Å². The summed E-state index contributed by atoms with van der Waals surface area (Å²) in [4.78, 5) is 22.6. The van der Waals surface area contributed by atoms with Crippen LogP contribution in [0.25, 0.3) is 0 Å². The zero-order valence-corrected chi connectivity index (χ0v) is 8.83. The molecule has 1 aliphatic rings. The number of benzene rings is 1. The maximum atomic E-state index is 11.4. The van der Waals surface area contributed by atoms with E-state index >= 15 is 0 Å². The van der Waals surface area contributed by atoms with Crippen LogP contribution >= 0.6 is 0 Å². The van der Waals surface area contributed by atoms with Crippen molar-refractivity contribution in [1.29, 1.82) is 0 Å². The minimum Gasteiger partial charge on any atom is -0.318 e. The van der Waals surface area contributed by atoms with Gasteiger partial charge in [-0.3, -0.25) is 9.59 Å². The summed E-state index contributed by atoms with van der Waals surface area (Å²) < 4.78 is 0. The summed E-state index contributed by atoms with van der Waals surface area (Å²) in [5.41, 5.74) is 2.26. The standard InChI is InChI=1S/C12H13NO2/c1-3-7(2)8-4-5-10-9(6-8)11(14)12(15)13-10/h4-7H,3H2,1-2H3,(H,13,14,15)/t7-/m1/s1. The van der Waals surface area contributed by atoms with Crippen molar-refractivity contribution in [3.8, 4) is 0 Å². The molecule has 0 aromatic heterocycles. The quantitative estimate of drug-likeness (QED) is 0.750. The zero-order valence-electron chi connectivity index (χ0n) is 8.83. The van der Waals surface area contributed by atoms with Crippen molar-refractivity contribution < 1.29 is 9.59 Å². The van der Waals surface area contributed by atoms with E-state index in [0.29, 0.717) is 17.2 Å². The number of amides is 1. The predicted octanol–water partition coefficient (Wildman–Crippen LogP) is 2.33. The normalized spacial score (nSPS) is 16.1. The number of hydrogen-bond donors (Lipinski definition) is 1. The van der Waals surface area contributed by atoms with Crippen LogP contribution in [0.4, 0.5) is 5.69 Å². The lowest BCUT2D eigenvalue weighted by atomic mass is 9.96. The highest BCUT2D eigenvalue weighted by Gasteiger charge is 2.28. The molecule has 0 radical (unpaired) electrons. The Bertz CT molecular complexity index is 437. The Labute approximate surface area is 88.5 Å². The van der Waals surface area contributed by atoms with Crippen molar-refractivity contribution in [3.05, 3.63) is 29.3 Å². The van der Waals surface area contributed by atoms with Gasteiger partial charge >= 0.3 is 0 Å². The lowest BCUT2D eigenvalue weighted by Crippen LogP contribution is -2.12. The Morgan fingerprint density at radius 2 is 2.07 bits per heavy atom. The zero-order chi connectivity index (χ0) is 11.0. The van der Waals surface area contributed by atoms with Gasteiger partial charge in [0.05, 0.1) is 11.3 Å². The van der Waals surface area contributed by atoms with Crippen molar-refractivity contribution in [3.63, 3.8) is 0 Å². The second kappa shape index (κ2) is 3.50. The number of ketones is 1. The Morgan fingerprint density at radius 1 is 1.33 bits per heavy atom. The van der Waals surface area contributed by atoms with Crippen LogP contribution in [-0.2, 0) is 4.79 Å². The van der Waals surface area contributed by atoms with E-state index < -0.39 is 11.7 Å². The Kier molecular flexibility index (Phi) is 2.31. The van der Waals surface area contributed by atoms with Crippen LogP contribution in [0.5, 0.6) is 0 Å². The maximum Gasteiger partial charge on any atom is 0.296 e. The van der Waals surface area contributed by atoms with Gasteiger partial charge in [0.1, 0.15) is 0 Å². The highest BCUT2D eigenvalue weighted by atomic mass is 16.2. The first-order chi connectivity index (χ1) is 7.13. The van der Waals surface area contributed by atoms with Crippen molar-refractivity contribution in [2.75, 3.05) is 5.32 Å². The van der Waals surface area contributed by atoms with E-state index in [1.807, 2.05) is 12.1 Å². The second-order valence-corrected chi connectivity index (χ2v) is 3.90. The molecule has 0 unspecified atom stereocenters. The highest BCUT2D eigenvalue weighted by Crippen LogP contribution is 2.28. The fraction of sp³-hybridized carbons (Fsp3) is 0.333. The summed E-state index contributed by atoms with van der Waals surface area (Å²) >= 11 is 0. The predicted molar refractivity (Wildman–Crippen MR) is 58.1 cm³/mol. The smallest absolute Gasteiger partial charge is 0.296 e. The van der Waals surface area contributed by atoms with E-state index in [2.05, 4.69) is 19.2 Å². The van der Waals surface area contributed by atoms with E-state index in [9.17, 15) is 9.59 Å². The number of fused-ring (bicyclic) bond motifs is 1. The molecule has 1 amide bonds. The lowest BCUT2D eigenvalue weighted by Gasteiger charge is -2.09. The number of nitrogens with one attached hydrogen (secondary N) is 1. The van der Waals surface area contributed by atoms with Gasteiger partial charge in [0.15, 0.2) is 0 Å². The van der Waals surface area contributed by atoms with Gasteiger partial charge < -0.3 is 5.32 Å². The number of anilines is 1. The van der Waals surface area contributed by atoms with Gasteiger partial charge in [-0.05, 0) is 30.0 Å². The first-order valence-corrected chi connectivity index (χ1v) is 5.13. The second-order valence-electron chi connectivity index (χ2n) is 3.90. The molecule has 0 spiro atoms. The first kappa shape index (κ1) is 9.90. The summed E-state index contributed by atoms with van der Waals surface area (Å²) in [6, 6.07) is 5.59. The fourth-order valence-electron chi connectivity index (χ4n) is 1.70. The van der Waals surface area contributed by atoms with Crippen molar-refractivity contribution in [1.82, 2.24) is 0 Å². The molecule has 2 rings (SSSR count). The summed E-state index contributed by atoms with van der Waals surface area (Å²) in [6.07, 6.45) is 1.02. The fourth-order valence-corrected chi connectivity index (χ4v) is 1.70. The van der Waals surface area contributed by atoms with Crippen LogP contribution < -0.4 is 5.32 Å². The third-order valence-electron chi connectivity index (χ3n) is 2.92. The molecule has 1 aliphatic heterocycles. The van der Waals surface area contributed by atoms with E-state index in [1.54, 1.807) is 6.07 Å². The van der Waals surface area contributed by atoms with E-state index in [1.165, 1.54) is 0 Å². The SMILES string of the molecule is CC[C@@H](C)c1ccc2c(c1)C(=O)C(=O)N2. The number of carbonyl (C=O) groups is 2. The molecule has 0 saturated carbocycles. The van der Waals surface area contributed by atoms with E-state index in [4.69, 9.17) is 0 Å². The molecule has 1 aromatic carbocycles. The molecular weight excluding hydrogens is 190 g/mol. The number of carbonyl (C=O) groups excluding carboxylic acids is 2. The van der Waals surface area contributed by atoms with E-state index in [-0.39, 0.29) is 0 Å². The molecular formula is C12H13NO2. The van der Waals surface area contributed by atoms with Gasteiger partial charge in [0, 0.05) is 0 Å². The Morgan fingerprint density at radius 3 is 2.73 bits per heavy atom. The minimum absolute atomic E-state index is 0.416. The van der Waals surface area contributed by atoms with Gasteiger partial charge in [-0.1, -0.05) is 19.9 Å². The van der Waals surface area contributed by atoms with Gasteiger partial charge in [0.2, 0.25) is 0 Å². The van der Waals surface area contributed by atoms with Crippen LogP contribution in [-0.4, -0.2) is 11.7 Å². The number of Topliss-reactive ketones (excluding diaryl/α,β-unsaturated/α-hetero) is 1. The highest BCUT2D eigenvalue weighted by molar-refractivity contribution is 6.51. The molecule has 0 bridgehead atoms. The van der Waals surface area contributed by atoms with Crippen molar-refractivity contribution in [2.45, 2.75) is 26.2 Å². The Hall–Kier alpha value is -1.64. The van der Waals surface area contributed by atoms with Gasteiger partial charge in [0.25, 0.3) is 11.7 Å². The Balaban J connectivity index is 2.44. The molecule has 0 fully saturated rings. The minimum atomic E-state index is -0.522. The largest absolute Gasteiger partial charge is 0.318 e. The van der Waals surface area contributed by atoms with Gasteiger partial charge in [-0.25, -0.2) is 0 Å². The molecule has 78 valence electrons. The molecule has 3 heteroatoms. The van der Waals surface area contributed by atoms with Crippen LogP contribution in [0.2, 0.25) is 0 Å². The molecule has 0 saturated heterocycles. The summed E-state index contributed by atoms with van der Waals surface area (Å²) in [5, 5.41) is 2.54. The number of rotatable bonds is 2. The van der Waals surface area contributed by atoms with Crippen LogP contribution in [0.3, 0.4) is 0 Å². The average molecular weight is 203 g/mol. The van der Waals surface area contributed by atoms with Gasteiger partial charge in [-0.15, -0.1) is 0 Å². The van der Waals surface area contributed by atoms with Crippen LogP contribution in [0.15, 0.2) is 18.2 Å². The molecule has 15 heavy (non-hydrogen) atoms. The van der Waals surface area contributed by atoms with E-state index in [0.717, 1.165) is 12.0 Å². The molecule has 3 nitrogen and oxygen atoms in total.